The molecule has 0 radical (unpaired) electrons. The summed E-state index contributed by atoms with van der Waals surface area (Å²) in [4.78, 5) is 14.9. The van der Waals surface area contributed by atoms with E-state index in [1.54, 1.807) is 31.5 Å². The van der Waals surface area contributed by atoms with Gasteiger partial charge in [-0.05, 0) is 25.5 Å². The molecule has 2 N–H and O–H groups in total. The molecule has 1 aliphatic heterocycles. The molecular weight excluding hydrogens is 382 g/mol. The highest BCUT2D eigenvalue weighted by molar-refractivity contribution is 5.72. The standard InChI is InChI=1S/C21H25N7O2/c1-4-15-11-28(10-13(2)25-15)21-22-9-18(26-27-21)16-6-5-14(7-19(16)29)17-8-20(30-3)24-12-23-17/h5-9,12-13,15,25,29H,4,10-11H2,1-3H3/t13-,15+/m1/s1. The second kappa shape index (κ2) is 8.58. The van der Waals surface area contributed by atoms with Gasteiger partial charge in [-0.2, -0.15) is 0 Å². The molecule has 0 bridgehead atoms. The molecule has 0 saturated carbocycles. The molecule has 0 aliphatic carbocycles. The van der Waals surface area contributed by atoms with E-state index in [4.69, 9.17) is 4.74 Å². The molecule has 1 aromatic carbocycles. The minimum absolute atomic E-state index is 0.0794. The van der Waals surface area contributed by atoms with Gasteiger partial charge in [0, 0.05) is 42.4 Å². The first-order valence-electron chi connectivity index (χ1n) is 9.98. The van der Waals surface area contributed by atoms with Crippen molar-refractivity contribution in [3.8, 4) is 34.1 Å². The fourth-order valence-electron chi connectivity index (χ4n) is 3.64. The van der Waals surface area contributed by atoms with Gasteiger partial charge in [0.05, 0.1) is 19.0 Å². The number of methoxy groups -OCH3 is 1. The van der Waals surface area contributed by atoms with Crippen molar-refractivity contribution in [2.45, 2.75) is 32.4 Å². The van der Waals surface area contributed by atoms with E-state index in [2.05, 4.69) is 49.2 Å². The molecule has 2 atom stereocenters. The third kappa shape index (κ3) is 4.16. The normalized spacial score (nSPS) is 19.0. The number of benzene rings is 1. The zero-order valence-corrected chi connectivity index (χ0v) is 17.3. The lowest BCUT2D eigenvalue weighted by Crippen LogP contribution is -2.55. The van der Waals surface area contributed by atoms with Crippen molar-refractivity contribution in [2.75, 3.05) is 25.1 Å². The van der Waals surface area contributed by atoms with E-state index < -0.39 is 0 Å². The SMILES string of the molecule is CC[C@H]1CN(c2ncc(-c3ccc(-c4cc(OC)ncn4)cc3O)nn2)C[C@@H](C)N1. The Hall–Kier alpha value is -3.33. The Morgan fingerprint density at radius 2 is 2.00 bits per heavy atom. The van der Waals surface area contributed by atoms with E-state index in [0.29, 0.717) is 40.9 Å². The maximum atomic E-state index is 10.6. The average Bonchev–Trinajstić information content (AvgIpc) is 2.78. The molecule has 2 aromatic heterocycles. The highest BCUT2D eigenvalue weighted by Crippen LogP contribution is 2.32. The average molecular weight is 407 g/mol. The van der Waals surface area contributed by atoms with Gasteiger partial charge in [0.1, 0.15) is 17.8 Å². The van der Waals surface area contributed by atoms with Crippen molar-refractivity contribution < 1.29 is 9.84 Å². The molecule has 0 spiro atoms. The van der Waals surface area contributed by atoms with Gasteiger partial charge in [0.25, 0.3) is 0 Å². The van der Waals surface area contributed by atoms with Crippen LogP contribution in [0.3, 0.4) is 0 Å². The maximum absolute atomic E-state index is 10.6. The van der Waals surface area contributed by atoms with Crippen LogP contribution in [-0.4, -0.2) is 62.5 Å². The van der Waals surface area contributed by atoms with Crippen LogP contribution < -0.4 is 15.0 Å². The van der Waals surface area contributed by atoms with E-state index in [-0.39, 0.29) is 5.75 Å². The summed E-state index contributed by atoms with van der Waals surface area (Å²) < 4.78 is 5.13. The fourth-order valence-corrected chi connectivity index (χ4v) is 3.64. The lowest BCUT2D eigenvalue weighted by atomic mass is 10.1. The maximum Gasteiger partial charge on any atom is 0.245 e. The fraction of sp³-hybridized carbons (Fsp3) is 0.381. The lowest BCUT2D eigenvalue weighted by molar-refractivity contribution is 0.376. The molecule has 0 unspecified atom stereocenters. The third-order valence-corrected chi connectivity index (χ3v) is 5.20. The van der Waals surface area contributed by atoms with Crippen LogP contribution in [0.5, 0.6) is 11.6 Å². The number of nitrogens with zero attached hydrogens (tertiary/aromatic N) is 6. The zero-order valence-electron chi connectivity index (χ0n) is 17.3. The molecule has 9 nitrogen and oxygen atoms in total. The van der Waals surface area contributed by atoms with Crippen LogP contribution in [0.1, 0.15) is 20.3 Å². The van der Waals surface area contributed by atoms with E-state index >= 15 is 0 Å². The number of hydrogen-bond acceptors (Lipinski definition) is 9. The third-order valence-electron chi connectivity index (χ3n) is 5.20. The van der Waals surface area contributed by atoms with E-state index in [0.717, 1.165) is 25.1 Å². The number of hydrogen-bond donors (Lipinski definition) is 2. The predicted octanol–water partition coefficient (Wildman–Crippen LogP) is 2.29. The molecule has 30 heavy (non-hydrogen) atoms. The second-order valence-corrected chi connectivity index (χ2v) is 7.40. The first-order chi connectivity index (χ1) is 14.6. The van der Waals surface area contributed by atoms with E-state index in [1.807, 2.05) is 6.07 Å². The number of aromatic hydroxyl groups is 1. The summed E-state index contributed by atoms with van der Waals surface area (Å²) in [7, 11) is 1.55. The zero-order chi connectivity index (χ0) is 21.1. The van der Waals surface area contributed by atoms with Gasteiger partial charge < -0.3 is 20.1 Å². The first-order valence-corrected chi connectivity index (χ1v) is 9.98. The quantitative estimate of drug-likeness (QED) is 0.658. The number of ether oxygens (including phenoxy) is 1. The molecule has 1 aliphatic rings. The minimum Gasteiger partial charge on any atom is -0.507 e. The summed E-state index contributed by atoms with van der Waals surface area (Å²) in [5.41, 5.74) is 2.47. The molecule has 1 fully saturated rings. The van der Waals surface area contributed by atoms with Crippen molar-refractivity contribution in [2.24, 2.45) is 0 Å². The molecule has 3 aromatic rings. The summed E-state index contributed by atoms with van der Waals surface area (Å²) in [5.74, 6) is 1.15. The van der Waals surface area contributed by atoms with Crippen molar-refractivity contribution in [3.63, 3.8) is 0 Å². The monoisotopic (exact) mass is 407 g/mol. The van der Waals surface area contributed by atoms with Crippen molar-refractivity contribution in [1.82, 2.24) is 30.5 Å². The van der Waals surface area contributed by atoms with Gasteiger partial charge in [0.15, 0.2) is 0 Å². The Bertz CT molecular complexity index is 1010. The molecule has 0 amide bonds. The Morgan fingerprint density at radius 3 is 2.70 bits per heavy atom. The van der Waals surface area contributed by atoms with Crippen LogP contribution in [-0.2, 0) is 0 Å². The summed E-state index contributed by atoms with van der Waals surface area (Å²) in [6.07, 6.45) is 4.12. The number of anilines is 1. The molecular formula is C21H25N7O2. The summed E-state index contributed by atoms with van der Waals surface area (Å²) >= 11 is 0. The molecule has 9 heteroatoms. The Morgan fingerprint density at radius 1 is 1.13 bits per heavy atom. The Kier molecular flexibility index (Phi) is 5.71. The van der Waals surface area contributed by atoms with Gasteiger partial charge in [-0.15, -0.1) is 10.2 Å². The number of aromatic nitrogens is 5. The highest BCUT2D eigenvalue weighted by atomic mass is 16.5. The van der Waals surface area contributed by atoms with E-state index in [9.17, 15) is 5.11 Å². The van der Waals surface area contributed by atoms with Crippen molar-refractivity contribution in [1.29, 1.82) is 0 Å². The van der Waals surface area contributed by atoms with Gasteiger partial charge in [-0.1, -0.05) is 13.0 Å². The predicted molar refractivity (Wildman–Crippen MR) is 113 cm³/mol. The number of phenols is 1. The largest absolute Gasteiger partial charge is 0.507 e. The number of nitrogens with one attached hydrogen (secondary N) is 1. The summed E-state index contributed by atoms with van der Waals surface area (Å²) in [6.45, 7) is 6.01. The van der Waals surface area contributed by atoms with Crippen molar-refractivity contribution >= 4 is 5.95 Å². The second-order valence-electron chi connectivity index (χ2n) is 7.40. The van der Waals surface area contributed by atoms with Crippen LogP contribution >= 0.6 is 0 Å². The van der Waals surface area contributed by atoms with E-state index in [1.165, 1.54) is 6.33 Å². The minimum atomic E-state index is 0.0794. The van der Waals surface area contributed by atoms with Gasteiger partial charge in [-0.25, -0.2) is 15.0 Å². The van der Waals surface area contributed by atoms with Crippen LogP contribution in [0.15, 0.2) is 36.8 Å². The van der Waals surface area contributed by atoms with Gasteiger partial charge in [-0.3, -0.25) is 0 Å². The summed E-state index contributed by atoms with van der Waals surface area (Å²) in [6, 6.07) is 7.76. The molecule has 3 heterocycles. The topological polar surface area (TPSA) is 109 Å². The molecule has 1 saturated heterocycles. The van der Waals surface area contributed by atoms with Gasteiger partial charge in [0.2, 0.25) is 11.8 Å². The van der Waals surface area contributed by atoms with Crippen LogP contribution in [0, 0.1) is 0 Å². The number of rotatable bonds is 5. The highest BCUT2D eigenvalue weighted by Gasteiger charge is 2.24. The van der Waals surface area contributed by atoms with Crippen LogP contribution in [0.4, 0.5) is 5.95 Å². The van der Waals surface area contributed by atoms with Crippen LogP contribution in [0.25, 0.3) is 22.5 Å². The molecule has 4 rings (SSSR count). The smallest absolute Gasteiger partial charge is 0.245 e. The van der Waals surface area contributed by atoms with Crippen LogP contribution in [0.2, 0.25) is 0 Å². The Labute approximate surface area is 175 Å². The first kappa shape index (κ1) is 20.0. The van der Waals surface area contributed by atoms with Gasteiger partial charge >= 0.3 is 0 Å². The molecule has 156 valence electrons. The van der Waals surface area contributed by atoms with Crippen molar-refractivity contribution in [3.05, 3.63) is 36.8 Å². The Balaban J connectivity index is 1.55. The lowest BCUT2D eigenvalue weighted by Gasteiger charge is -2.37. The summed E-state index contributed by atoms with van der Waals surface area (Å²) in [5, 5.41) is 22.8. The number of piperazine rings is 1. The number of phenolic OH excluding ortho intramolecular Hbond substituents is 1.